The quantitative estimate of drug-likeness (QED) is 0.744. The topological polar surface area (TPSA) is 96.4 Å². The maximum atomic E-state index is 12.2. The molecule has 1 aliphatic rings. The van der Waals surface area contributed by atoms with Gasteiger partial charge in [0.1, 0.15) is 4.90 Å². The SMILES string of the molecule is CC(CNS(=O)(=O)c1cncc(/C=C/C(=O)O)c1)C1CC1. The number of nitrogens with one attached hydrogen (secondary N) is 1. The van der Waals surface area contributed by atoms with Crippen molar-refractivity contribution < 1.29 is 18.3 Å². The van der Waals surface area contributed by atoms with Crippen molar-refractivity contribution in [1.82, 2.24) is 9.71 Å². The molecule has 1 fully saturated rings. The second-order valence-electron chi connectivity index (χ2n) is 5.29. The maximum Gasteiger partial charge on any atom is 0.328 e. The Hall–Kier alpha value is -1.73. The normalized spacial score (nSPS) is 17.0. The van der Waals surface area contributed by atoms with Crippen LogP contribution in [0.15, 0.2) is 29.4 Å². The van der Waals surface area contributed by atoms with Gasteiger partial charge in [0.25, 0.3) is 0 Å². The predicted molar refractivity (Wildman–Crippen MR) is 78.0 cm³/mol. The smallest absolute Gasteiger partial charge is 0.328 e. The van der Waals surface area contributed by atoms with Crippen molar-refractivity contribution in [1.29, 1.82) is 0 Å². The highest BCUT2D eigenvalue weighted by atomic mass is 32.2. The van der Waals surface area contributed by atoms with E-state index in [1.165, 1.54) is 37.4 Å². The number of aliphatic carboxylic acids is 1. The minimum absolute atomic E-state index is 0.0398. The molecule has 114 valence electrons. The number of pyridine rings is 1. The Morgan fingerprint density at radius 1 is 1.52 bits per heavy atom. The maximum absolute atomic E-state index is 12.2. The Morgan fingerprint density at radius 3 is 2.86 bits per heavy atom. The van der Waals surface area contributed by atoms with E-state index in [1.807, 2.05) is 6.92 Å². The Labute approximate surface area is 124 Å². The van der Waals surface area contributed by atoms with E-state index in [0.29, 0.717) is 23.9 Å². The first kappa shape index (κ1) is 15.7. The van der Waals surface area contributed by atoms with Gasteiger partial charge in [0.2, 0.25) is 10.0 Å². The first-order valence-corrected chi connectivity index (χ1v) is 8.22. The molecule has 21 heavy (non-hydrogen) atoms. The van der Waals surface area contributed by atoms with E-state index < -0.39 is 16.0 Å². The Kier molecular flexibility index (Phi) is 4.74. The molecule has 1 aliphatic carbocycles. The average Bonchev–Trinajstić information content (AvgIpc) is 3.27. The van der Waals surface area contributed by atoms with E-state index in [2.05, 4.69) is 9.71 Å². The molecular weight excluding hydrogens is 292 g/mol. The van der Waals surface area contributed by atoms with Crippen molar-refractivity contribution in [2.75, 3.05) is 6.54 Å². The van der Waals surface area contributed by atoms with Crippen LogP contribution in [-0.2, 0) is 14.8 Å². The van der Waals surface area contributed by atoms with E-state index in [4.69, 9.17) is 5.11 Å². The highest BCUT2D eigenvalue weighted by Crippen LogP contribution is 2.36. The molecule has 1 aromatic rings. The van der Waals surface area contributed by atoms with Crippen LogP contribution in [-0.4, -0.2) is 31.0 Å². The molecular formula is C14H18N2O4S. The van der Waals surface area contributed by atoms with E-state index in [1.54, 1.807) is 0 Å². The molecule has 0 aromatic carbocycles. The van der Waals surface area contributed by atoms with Crippen LogP contribution in [0.25, 0.3) is 6.08 Å². The number of carboxylic acid groups (broad SMARTS) is 1. The number of carboxylic acids is 1. The largest absolute Gasteiger partial charge is 0.478 e. The molecule has 1 atom stereocenters. The number of hydrogen-bond donors (Lipinski definition) is 2. The zero-order chi connectivity index (χ0) is 15.5. The Balaban J connectivity index is 2.08. The molecule has 1 saturated carbocycles. The lowest BCUT2D eigenvalue weighted by molar-refractivity contribution is -0.131. The molecule has 0 bridgehead atoms. The summed E-state index contributed by atoms with van der Waals surface area (Å²) in [6.07, 6.45) is 7.24. The lowest BCUT2D eigenvalue weighted by atomic mass is 10.1. The van der Waals surface area contributed by atoms with Crippen LogP contribution in [0.1, 0.15) is 25.3 Å². The summed E-state index contributed by atoms with van der Waals surface area (Å²) in [5.41, 5.74) is 0.426. The summed E-state index contributed by atoms with van der Waals surface area (Å²) in [5.74, 6) is -0.155. The van der Waals surface area contributed by atoms with Crippen LogP contribution in [0.4, 0.5) is 0 Å². The van der Waals surface area contributed by atoms with Gasteiger partial charge in [-0.2, -0.15) is 0 Å². The molecule has 0 aliphatic heterocycles. The Bertz CT molecular complexity index is 651. The highest BCUT2D eigenvalue weighted by Gasteiger charge is 2.28. The molecule has 0 amide bonds. The summed E-state index contributed by atoms with van der Waals surface area (Å²) >= 11 is 0. The fourth-order valence-electron chi connectivity index (χ4n) is 2.00. The van der Waals surface area contributed by atoms with E-state index >= 15 is 0 Å². The first-order valence-electron chi connectivity index (χ1n) is 6.74. The number of hydrogen-bond acceptors (Lipinski definition) is 4. The van der Waals surface area contributed by atoms with Crippen molar-refractivity contribution >= 4 is 22.1 Å². The van der Waals surface area contributed by atoms with E-state index in [0.717, 1.165) is 6.08 Å². The Morgan fingerprint density at radius 2 is 2.24 bits per heavy atom. The van der Waals surface area contributed by atoms with Crippen molar-refractivity contribution in [3.05, 3.63) is 30.1 Å². The first-order chi connectivity index (χ1) is 9.88. The average molecular weight is 310 g/mol. The number of carbonyl (C=O) groups is 1. The van der Waals surface area contributed by atoms with Crippen LogP contribution >= 0.6 is 0 Å². The van der Waals surface area contributed by atoms with Crippen molar-refractivity contribution in [3.8, 4) is 0 Å². The fourth-order valence-corrected chi connectivity index (χ4v) is 3.14. The minimum Gasteiger partial charge on any atom is -0.478 e. The molecule has 0 radical (unpaired) electrons. The van der Waals surface area contributed by atoms with Gasteiger partial charge in [-0.1, -0.05) is 6.92 Å². The molecule has 1 unspecified atom stereocenters. The second kappa shape index (κ2) is 6.36. The van der Waals surface area contributed by atoms with Gasteiger partial charge < -0.3 is 5.11 Å². The van der Waals surface area contributed by atoms with Crippen LogP contribution in [0.5, 0.6) is 0 Å². The number of aromatic nitrogens is 1. The van der Waals surface area contributed by atoms with Crippen LogP contribution in [0.3, 0.4) is 0 Å². The number of nitrogens with zero attached hydrogens (tertiary/aromatic N) is 1. The molecule has 1 heterocycles. The van der Waals surface area contributed by atoms with Gasteiger partial charge in [0, 0.05) is 25.0 Å². The van der Waals surface area contributed by atoms with Gasteiger partial charge in [0.15, 0.2) is 0 Å². The van der Waals surface area contributed by atoms with E-state index in [9.17, 15) is 13.2 Å². The standard InChI is InChI=1S/C14H18N2O4S/c1-10(12-3-4-12)7-16-21(19,20)13-6-11(8-15-9-13)2-5-14(17)18/h2,5-6,8-10,12,16H,3-4,7H2,1H3,(H,17,18)/b5-2+. The van der Waals surface area contributed by atoms with Crippen molar-refractivity contribution in [2.45, 2.75) is 24.7 Å². The van der Waals surface area contributed by atoms with Crippen molar-refractivity contribution in [3.63, 3.8) is 0 Å². The summed E-state index contributed by atoms with van der Waals surface area (Å²) in [4.78, 5) is 14.3. The lowest BCUT2D eigenvalue weighted by Gasteiger charge is -2.12. The van der Waals surface area contributed by atoms with Gasteiger partial charge in [-0.05, 0) is 42.4 Å². The summed E-state index contributed by atoms with van der Waals surface area (Å²) < 4.78 is 26.9. The van der Waals surface area contributed by atoms with Crippen LogP contribution in [0, 0.1) is 11.8 Å². The van der Waals surface area contributed by atoms with Crippen LogP contribution < -0.4 is 4.72 Å². The minimum atomic E-state index is -3.62. The summed E-state index contributed by atoms with van der Waals surface area (Å²) in [5, 5.41) is 8.57. The van der Waals surface area contributed by atoms with Gasteiger partial charge in [-0.15, -0.1) is 0 Å². The summed E-state index contributed by atoms with van der Waals surface area (Å²) in [6, 6.07) is 1.40. The van der Waals surface area contributed by atoms with Gasteiger partial charge in [0.05, 0.1) is 0 Å². The predicted octanol–water partition coefficient (Wildman–Crippen LogP) is 1.50. The van der Waals surface area contributed by atoms with Crippen LogP contribution in [0.2, 0.25) is 0 Å². The molecule has 7 heteroatoms. The molecule has 6 nitrogen and oxygen atoms in total. The summed E-state index contributed by atoms with van der Waals surface area (Å²) in [7, 11) is -3.62. The molecule has 2 rings (SSSR count). The summed E-state index contributed by atoms with van der Waals surface area (Å²) in [6.45, 7) is 2.44. The third-order valence-corrected chi connectivity index (χ3v) is 4.88. The van der Waals surface area contributed by atoms with E-state index in [-0.39, 0.29) is 4.90 Å². The lowest BCUT2D eigenvalue weighted by Crippen LogP contribution is -2.29. The molecule has 0 saturated heterocycles. The fraction of sp³-hybridized carbons (Fsp3) is 0.429. The van der Waals surface area contributed by atoms with Gasteiger partial charge in [-0.25, -0.2) is 17.9 Å². The molecule has 0 spiro atoms. The third kappa shape index (κ3) is 4.64. The zero-order valence-corrected chi connectivity index (χ0v) is 12.5. The third-order valence-electron chi connectivity index (χ3n) is 3.49. The molecule has 1 aromatic heterocycles. The van der Waals surface area contributed by atoms with Gasteiger partial charge in [-0.3, -0.25) is 4.98 Å². The molecule has 2 N–H and O–H groups in total. The monoisotopic (exact) mass is 310 g/mol. The zero-order valence-electron chi connectivity index (χ0n) is 11.7. The van der Waals surface area contributed by atoms with Crippen molar-refractivity contribution in [2.24, 2.45) is 11.8 Å². The number of sulfonamides is 1. The highest BCUT2D eigenvalue weighted by molar-refractivity contribution is 7.89. The number of rotatable bonds is 7. The second-order valence-corrected chi connectivity index (χ2v) is 7.06. The van der Waals surface area contributed by atoms with Gasteiger partial charge >= 0.3 is 5.97 Å².